The molecule has 0 saturated carbocycles. The summed E-state index contributed by atoms with van der Waals surface area (Å²) < 4.78 is 41.9. The molecule has 1 fully saturated rings. The third-order valence-electron chi connectivity index (χ3n) is 7.98. The van der Waals surface area contributed by atoms with E-state index in [4.69, 9.17) is 22.7 Å². The monoisotopic (exact) mass is 607 g/mol. The smallest absolute Gasteiger partial charge is 0.444 e. The van der Waals surface area contributed by atoms with Crippen molar-refractivity contribution in [2.24, 2.45) is 0 Å². The van der Waals surface area contributed by atoms with Gasteiger partial charge >= 0.3 is 13.9 Å². The Morgan fingerprint density at radius 2 is 1.38 bits per heavy atom. The average molecular weight is 608 g/mol. The van der Waals surface area contributed by atoms with Gasteiger partial charge in [0.25, 0.3) is 0 Å². The van der Waals surface area contributed by atoms with Crippen LogP contribution < -0.4 is 5.32 Å². The van der Waals surface area contributed by atoms with Gasteiger partial charge in [0, 0.05) is 7.11 Å². The first kappa shape index (κ1) is 37.6. The van der Waals surface area contributed by atoms with Crippen LogP contribution in [0.1, 0.15) is 132 Å². The van der Waals surface area contributed by atoms with Crippen LogP contribution in [0.4, 0.5) is 4.79 Å². The molecule has 40 heavy (non-hydrogen) atoms. The Bertz CT molecular complexity index is 766. The zero-order valence-corrected chi connectivity index (χ0v) is 29.3. The summed E-state index contributed by atoms with van der Waals surface area (Å²) in [5.41, 5.74) is -0.655. The highest BCUT2D eigenvalue weighted by Gasteiger charge is 2.50. The van der Waals surface area contributed by atoms with Crippen molar-refractivity contribution in [3.63, 3.8) is 0 Å². The number of carbonyl (C=O) groups excluding carboxylic acids is 1. The quantitative estimate of drug-likeness (QED) is 0.0888. The molecule has 0 aromatic carbocycles. The minimum atomic E-state index is -3.72. The molecular formula is C30H62NO7PSi. The fourth-order valence-electron chi connectivity index (χ4n) is 4.48. The minimum Gasteiger partial charge on any atom is -0.444 e. The second-order valence-corrected chi connectivity index (χ2v) is 20.3. The Morgan fingerprint density at radius 3 is 1.82 bits per heavy atom. The molecule has 1 rings (SSSR count). The van der Waals surface area contributed by atoms with Crippen LogP contribution in [0.2, 0.25) is 18.1 Å². The van der Waals surface area contributed by atoms with Gasteiger partial charge in [0.15, 0.2) is 8.32 Å². The van der Waals surface area contributed by atoms with Crippen molar-refractivity contribution in [2.75, 3.05) is 13.7 Å². The molecule has 0 aliphatic carbocycles. The highest BCUT2D eigenvalue weighted by atomic mass is 31.2. The van der Waals surface area contributed by atoms with Gasteiger partial charge in [0.05, 0.1) is 18.8 Å². The lowest BCUT2D eigenvalue weighted by molar-refractivity contribution is 0.0344. The highest BCUT2D eigenvalue weighted by Crippen LogP contribution is 2.58. The number of unbranched alkanes of at least 4 members (excludes halogenated alkanes) is 11. The lowest BCUT2D eigenvalue weighted by atomic mass is 9.99. The van der Waals surface area contributed by atoms with Gasteiger partial charge in [-0.1, -0.05) is 105 Å². The van der Waals surface area contributed by atoms with Crippen LogP contribution in [0.3, 0.4) is 0 Å². The molecular weight excluding hydrogens is 545 g/mol. The van der Waals surface area contributed by atoms with E-state index in [1.165, 1.54) is 71.3 Å². The van der Waals surface area contributed by atoms with Crippen LogP contribution >= 0.6 is 7.82 Å². The Hall–Kier alpha value is -0.443. The van der Waals surface area contributed by atoms with E-state index in [-0.39, 0.29) is 11.6 Å². The predicted molar refractivity (Wildman–Crippen MR) is 166 cm³/mol. The number of hydrogen-bond donors (Lipinski definition) is 1. The van der Waals surface area contributed by atoms with Crippen molar-refractivity contribution >= 4 is 22.2 Å². The van der Waals surface area contributed by atoms with Crippen molar-refractivity contribution in [1.29, 1.82) is 0 Å². The summed E-state index contributed by atoms with van der Waals surface area (Å²) in [7, 11) is -4.52. The molecule has 1 saturated heterocycles. The second-order valence-electron chi connectivity index (χ2n) is 13.8. The number of phosphoric ester groups is 1. The van der Waals surface area contributed by atoms with E-state index >= 15 is 0 Å². The molecule has 1 heterocycles. The van der Waals surface area contributed by atoms with E-state index in [1.807, 2.05) is 20.8 Å². The van der Waals surface area contributed by atoms with Crippen molar-refractivity contribution in [3.05, 3.63) is 0 Å². The summed E-state index contributed by atoms with van der Waals surface area (Å²) in [5, 5.41) is 2.92. The van der Waals surface area contributed by atoms with Crippen LogP contribution in [0.25, 0.3) is 0 Å². The fourth-order valence-corrected chi connectivity index (χ4v) is 6.87. The number of rotatable bonds is 19. The van der Waals surface area contributed by atoms with Crippen LogP contribution in [-0.2, 0) is 27.3 Å². The van der Waals surface area contributed by atoms with Crippen molar-refractivity contribution in [1.82, 2.24) is 5.32 Å². The minimum absolute atomic E-state index is 0.00717. The predicted octanol–water partition coefficient (Wildman–Crippen LogP) is 9.53. The van der Waals surface area contributed by atoms with Gasteiger partial charge < -0.3 is 14.5 Å². The standard InChI is InChI=1S/C30H62NO7PSi/c1-11-12-13-14-15-16-17-18-19-20-21-22-23-26-27(38-39(33,34-8)37-26)25(31-28(32)36-29(2,3)4)24-35-40(9,10)30(5,6)7/h25-27H,11-24H2,1-10H3,(H,31,32)/t25-,26+,27-,39?/m0/s1. The second kappa shape index (κ2) is 17.6. The molecule has 8 nitrogen and oxygen atoms in total. The van der Waals surface area contributed by atoms with E-state index in [0.29, 0.717) is 6.42 Å². The summed E-state index contributed by atoms with van der Waals surface area (Å²) in [6, 6.07) is -0.600. The third-order valence-corrected chi connectivity index (χ3v) is 14.0. The number of ether oxygens (including phenoxy) is 1. The maximum Gasteiger partial charge on any atom is 0.475 e. The summed E-state index contributed by atoms with van der Waals surface area (Å²) >= 11 is 0. The Labute approximate surface area is 247 Å². The summed E-state index contributed by atoms with van der Waals surface area (Å²) in [5.74, 6) is 0. The molecule has 0 bridgehead atoms. The molecule has 1 aliphatic heterocycles. The first-order valence-corrected chi connectivity index (χ1v) is 20.1. The van der Waals surface area contributed by atoms with E-state index in [1.54, 1.807) is 0 Å². The Balaban J connectivity index is 2.74. The molecule has 1 aliphatic rings. The van der Waals surface area contributed by atoms with E-state index in [2.05, 4.69) is 46.1 Å². The average Bonchev–Trinajstić information content (AvgIpc) is 3.17. The molecule has 4 atom stereocenters. The van der Waals surface area contributed by atoms with Crippen LogP contribution in [0.15, 0.2) is 0 Å². The van der Waals surface area contributed by atoms with Gasteiger partial charge in [-0.3, -0.25) is 13.6 Å². The third kappa shape index (κ3) is 14.6. The summed E-state index contributed by atoms with van der Waals surface area (Å²) in [6.45, 7) is 18.7. The van der Waals surface area contributed by atoms with Gasteiger partial charge in [-0.15, -0.1) is 0 Å². The normalized spacial score (nSPS) is 22.9. The fraction of sp³-hybridized carbons (Fsp3) is 0.967. The Morgan fingerprint density at radius 1 is 0.875 bits per heavy atom. The number of alkyl carbamates (subject to hydrolysis) is 1. The molecule has 0 spiro atoms. The molecule has 238 valence electrons. The molecule has 0 aromatic heterocycles. The van der Waals surface area contributed by atoms with Crippen LogP contribution in [-0.4, -0.2) is 52.0 Å². The maximum absolute atomic E-state index is 13.1. The number of nitrogens with one attached hydrogen (secondary N) is 1. The Kier molecular flexibility index (Phi) is 16.6. The first-order valence-electron chi connectivity index (χ1n) is 15.7. The zero-order chi connectivity index (χ0) is 30.5. The SMILES string of the molecule is CCCCCCCCCCCCCC[C@H]1OP(=O)(OC)O[C@H]1[C@H](CO[Si](C)(C)C(C)(C)C)NC(=O)OC(C)(C)C. The maximum atomic E-state index is 13.1. The van der Waals surface area contributed by atoms with E-state index in [0.717, 1.165) is 12.8 Å². The largest absolute Gasteiger partial charge is 0.475 e. The number of hydrogen-bond acceptors (Lipinski definition) is 7. The van der Waals surface area contributed by atoms with E-state index in [9.17, 15) is 9.36 Å². The molecule has 0 radical (unpaired) electrons. The molecule has 1 unspecified atom stereocenters. The molecule has 0 aromatic rings. The van der Waals surface area contributed by atoms with Crippen molar-refractivity contribution < 1.29 is 32.1 Å². The van der Waals surface area contributed by atoms with E-state index < -0.39 is 46.1 Å². The van der Waals surface area contributed by atoms with Gasteiger partial charge in [0.1, 0.15) is 11.7 Å². The van der Waals surface area contributed by atoms with Gasteiger partial charge in [-0.05, 0) is 45.3 Å². The first-order chi connectivity index (χ1) is 18.5. The van der Waals surface area contributed by atoms with Gasteiger partial charge in [-0.25, -0.2) is 9.36 Å². The number of carbonyl (C=O) groups is 1. The van der Waals surface area contributed by atoms with Crippen molar-refractivity contribution in [3.8, 4) is 0 Å². The molecule has 1 N–H and O–H groups in total. The van der Waals surface area contributed by atoms with Gasteiger partial charge in [0.2, 0.25) is 0 Å². The number of phosphoric acid groups is 1. The lowest BCUT2D eigenvalue weighted by Crippen LogP contribution is -2.53. The van der Waals surface area contributed by atoms with Gasteiger partial charge in [-0.2, -0.15) is 0 Å². The molecule has 1 amide bonds. The summed E-state index contributed by atoms with van der Waals surface area (Å²) in [4.78, 5) is 12.8. The zero-order valence-electron chi connectivity index (χ0n) is 27.4. The summed E-state index contributed by atoms with van der Waals surface area (Å²) in [6.07, 6.45) is 14.1. The number of amides is 1. The highest BCUT2D eigenvalue weighted by molar-refractivity contribution is 7.48. The van der Waals surface area contributed by atoms with Crippen LogP contribution in [0.5, 0.6) is 0 Å². The topological polar surface area (TPSA) is 92.3 Å². The van der Waals surface area contributed by atoms with Crippen LogP contribution in [0, 0.1) is 0 Å². The van der Waals surface area contributed by atoms with Crippen molar-refractivity contribution in [2.45, 2.75) is 174 Å². The lowest BCUT2D eigenvalue weighted by Gasteiger charge is -2.38. The molecule has 10 heteroatoms.